The van der Waals surface area contributed by atoms with Crippen molar-refractivity contribution in [3.8, 4) is 0 Å². The Labute approximate surface area is 85.7 Å². The van der Waals surface area contributed by atoms with Gasteiger partial charge in [0.05, 0.1) is 10.6 Å². The first kappa shape index (κ1) is 13.1. The maximum absolute atomic E-state index is 12.1. The van der Waals surface area contributed by atoms with E-state index >= 15 is 0 Å². The molecule has 0 unspecified atom stereocenters. The van der Waals surface area contributed by atoms with Crippen molar-refractivity contribution < 1.29 is 13.2 Å². The van der Waals surface area contributed by atoms with E-state index in [4.69, 9.17) is 17.3 Å². The average Bonchev–Trinajstić information content (AvgIpc) is 2.05. The van der Waals surface area contributed by atoms with Crippen molar-refractivity contribution in [2.75, 3.05) is 5.73 Å². The van der Waals surface area contributed by atoms with E-state index in [1.807, 2.05) is 13.8 Å². The van der Waals surface area contributed by atoms with Gasteiger partial charge in [0.15, 0.2) is 0 Å². The van der Waals surface area contributed by atoms with Crippen LogP contribution in [0.2, 0.25) is 5.02 Å². The molecule has 0 amide bonds. The van der Waals surface area contributed by atoms with Crippen LogP contribution in [0, 0.1) is 0 Å². The predicted octanol–water partition coefficient (Wildman–Crippen LogP) is 3.97. The molecule has 0 aliphatic rings. The molecule has 0 saturated heterocycles. The van der Waals surface area contributed by atoms with Gasteiger partial charge >= 0.3 is 6.18 Å². The van der Waals surface area contributed by atoms with Gasteiger partial charge in [0.2, 0.25) is 0 Å². The Balaban J connectivity index is 0.000000791. The van der Waals surface area contributed by atoms with Crippen LogP contribution in [0.1, 0.15) is 19.4 Å². The first-order valence-corrected chi connectivity index (χ1v) is 4.41. The standard InChI is InChI=1S/C7H5ClF3N.C2H6/c8-6-3-4(12)1-2-5(6)7(9,10)11;1-2/h1-3H,12H2;1-2H3. The smallest absolute Gasteiger partial charge is 0.399 e. The molecule has 80 valence electrons. The highest BCUT2D eigenvalue weighted by Crippen LogP contribution is 2.35. The molecule has 0 aliphatic heterocycles. The second kappa shape index (κ2) is 5.10. The lowest BCUT2D eigenvalue weighted by Gasteiger charge is -2.08. The average molecular weight is 226 g/mol. The number of halogens is 4. The van der Waals surface area contributed by atoms with E-state index in [1.54, 1.807) is 0 Å². The highest BCUT2D eigenvalue weighted by atomic mass is 35.5. The van der Waals surface area contributed by atoms with Crippen LogP contribution < -0.4 is 5.73 Å². The fourth-order valence-corrected chi connectivity index (χ4v) is 1.06. The molecule has 5 heteroatoms. The number of hydrogen-bond donors (Lipinski definition) is 1. The Morgan fingerprint density at radius 1 is 1.21 bits per heavy atom. The van der Waals surface area contributed by atoms with E-state index in [0.717, 1.165) is 18.2 Å². The molecule has 1 nitrogen and oxygen atoms in total. The van der Waals surface area contributed by atoms with Crippen molar-refractivity contribution in [3.63, 3.8) is 0 Å². The summed E-state index contributed by atoms with van der Waals surface area (Å²) >= 11 is 5.31. The Bertz CT molecular complexity index is 297. The minimum Gasteiger partial charge on any atom is -0.399 e. The third-order valence-electron chi connectivity index (χ3n) is 1.30. The van der Waals surface area contributed by atoms with Gasteiger partial charge < -0.3 is 5.73 Å². The minimum atomic E-state index is -4.41. The lowest BCUT2D eigenvalue weighted by atomic mass is 10.2. The second-order valence-corrected chi connectivity index (χ2v) is 2.64. The van der Waals surface area contributed by atoms with Gasteiger partial charge in [-0.1, -0.05) is 25.4 Å². The van der Waals surface area contributed by atoms with Crippen molar-refractivity contribution in [1.82, 2.24) is 0 Å². The number of benzene rings is 1. The van der Waals surface area contributed by atoms with Crippen LogP contribution >= 0.6 is 11.6 Å². The van der Waals surface area contributed by atoms with Gasteiger partial charge in [0.1, 0.15) is 0 Å². The number of alkyl halides is 3. The summed E-state index contributed by atoms with van der Waals surface area (Å²) in [4.78, 5) is 0. The molecule has 1 aromatic rings. The van der Waals surface area contributed by atoms with Gasteiger partial charge in [-0.05, 0) is 18.2 Å². The van der Waals surface area contributed by atoms with Gasteiger partial charge in [-0.15, -0.1) is 0 Å². The van der Waals surface area contributed by atoms with Gasteiger partial charge in [-0.2, -0.15) is 13.2 Å². The van der Waals surface area contributed by atoms with E-state index in [1.165, 1.54) is 0 Å². The second-order valence-electron chi connectivity index (χ2n) is 2.24. The molecule has 0 spiro atoms. The van der Waals surface area contributed by atoms with Crippen LogP contribution in [-0.4, -0.2) is 0 Å². The molecule has 0 bridgehead atoms. The largest absolute Gasteiger partial charge is 0.417 e. The summed E-state index contributed by atoms with van der Waals surface area (Å²) in [5.74, 6) is 0. The van der Waals surface area contributed by atoms with Gasteiger partial charge in [-0.3, -0.25) is 0 Å². The Kier molecular flexibility index (Phi) is 4.77. The van der Waals surface area contributed by atoms with Gasteiger partial charge in [0, 0.05) is 5.69 Å². The zero-order valence-corrected chi connectivity index (χ0v) is 8.58. The first-order chi connectivity index (χ1) is 6.41. The number of hydrogen-bond acceptors (Lipinski definition) is 1. The topological polar surface area (TPSA) is 26.0 Å². The molecule has 0 aliphatic carbocycles. The Morgan fingerprint density at radius 2 is 1.71 bits per heavy atom. The van der Waals surface area contributed by atoms with Crippen LogP contribution in [-0.2, 0) is 6.18 Å². The van der Waals surface area contributed by atoms with Crippen LogP contribution in [0.5, 0.6) is 0 Å². The number of nitrogens with two attached hydrogens (primary N) is 1. The number of rotatable bonds is 0. The van der Waals surface area contributed by atoms with Crippen LogP contribution in [0.25, 0.3) is 0 Å². The lowest BCUT2D eigenvalue weighted by molar-refractivity contribution is -0.137. The molecule has 0 aromatic heterocycles. The SMILES string of the molecule is CC.Nc1ccc(C(F)(F)F)c(Cl)c1. The molecule has 0 fully saturated rings. The van der Waals surface area contributed by atoms with E-state index in [0.29, 0.717) is 0 Å². The highest BCUT2D eigenvalue weighted by molar-refractivity contribution is 6.31. The number of nitrogen functional groups attached to an aromatic ring is 1. The fraction of sp³-hybridized carbons (Fsp3) is 0.333. The zero-order valence-electron chi connectivity index (χ0n) is 7.82. The van der Waals surface area contributed by atoms with Gasteiger partial charge in [0.25, 0.3) is 0 Å². The van der Waals surface area contributed by atoms with E-state index in [9.17, 15) is 13.2 Å². The molecule has 0 heterocycles. The van der Waals surface area contributed by atoms with E-state index < -0.39 is 11.7 Å². The molecule has 0 radical (unpaired) electrons. The molecule has 0 atom stereocenters. The van der Waals surface area contributed by atoms with Crippen LogP contribution in [0.15, 0.2) is 18.2 Å². The zero-order chi connectivity index (χ0) is 11.4. The summed E-state index contributed by atoms with van der Waals surface area (Å²) in [6.45, 7) is 4.00. The molecule has 1 rings (SSSR count). The van der Waals surface area contributed by atoms with Crippen LogP contribution in [0.3, 0.4) is 0 Å². The highest BCUT2D eigenvalue weighted by Gasteiger charge is 2.32. The normalized spacial score (nSPS) is 10.4. The van der Waals surface area contributed by atoms with Crippen molar-refractivity contribution in [2.24, 2.45) is 0 Å². The fourth-order valence-electron chi connectivity index (χ4n) is 0.761. The number of anilines is 1. The monoisotopic (exact) mass is 225 g/mol. The molecule has 2 N–H and O–H groups in total. The molecular formula is C9H11ClF3N. The summed E-state index contributed by atoms with van der Waals surface area (Å²) in [6, 6.07) is 3.09. The quantitative estimate of drug-likeness (QED) is 0.665. The molecule has 1 aromatic carbocycles. The molecule has 14 heavy (non-hydrogen) atoms. The van der Waals surface area contributed by atoms with Crippen LogP contribution in [0.4, 0.5) is 18.9 Å². The van der Waals surface area contributed by atoms with Crippen molar-refractivity contribution in [1.29, 1.82) is 0 Å². The van der Waals surface area contributed by atoms with Crippen molar-refractivity contribution in [3.05, 3.63) is 28.8 Å². The summed E-state index contributed by atoms with van der Waals surface area (Å²) < 4.78 is 36.2. The lowest BCUT2D eigenvalue weighted by Crippen LogP contribution is -2.05. The van der Waals surface area contributed by atoms with Crippen molar-refractivity contribution in [2.45, 2.75) is 20.0 Å². The summed E-state index contributed by atoms with van der Waals surface area (Å²) in [5, 5.41) is -0.373. The summed E-state index contributed by atoms with van der Waals surface area (Å²) in [6.07, 6.45) is -4.41. The maximum Gasteiger partial charge on any atom is 0.417 e. The Hall–Kier alpha value is -0.900. The molecular weight excluding hydrogens is 215 g/mol. The van der Waals surface area contributed by atoms with E-state index in [2.05, 4.69) is 0 Å². The first-order valence-electron chi connectivity index (χ1n) is 4.03. The van der Waals surface area contributed by atoms with E-state index in [-0.39, 0.29) is 10.7 Å². The Morgan fingerprint density at radius 3 is 2.07 bits per heavy atom. The van der Waals surface area contributed by atoms with Crippen molar-refractivity contribution >= 4 is 17.3 Å². The minimum absolute atomic E-state index is 0.216. The predicted molar refractivity (Wildman–Crippen MR) is 52.2 cm³/mol. The molecule has 0 saturated carbocycles. The maximum atomic E-state index is 12.1. The summed E-state index contributed by atoms with van der Waals surface area (Å²) in [5.41, 5.74) is 4.57. The van der Waals surface area contributed by atoms with Gasteiger partial charge in [-0.25, -0.2) is 0 Å². The third-order valence-corrected chi connectivity index (χ3v) is 1.61. The summed E-state index contributed by atoms with van der Waals surface area (Å²) in [7, 11) is 0. The third kappa shape index (κ3) is 3.46.